The predicted molar refractivity (Wildman–Crippen MR) is 119 cm³/mol. The molecule has 3 aromatic rings. The summed E-state index contributed by atoms with van der Waals surface area (Å²) in [6.07, 6.45) is 5.18. The molecule has 2 aromatic carbocycles. The maximum Gasteiger partial charge on any atom is 0.266 e. The Hall–Kier alpha value is -3.10. The molecule has 1 aliphatic heterocycles. The van der Waals surface area contributed by atoms with Crippen LogP contribution in [0.5, 0.6) is 0 Å². The average Bonchev–Trinajstić information content (AvgIpc) is 2.99. The van der Waals surface area contributed by atoms with Crippen LogP contribution in [0.1, 0.15) is 12.0 Å². The van der Waals surface area contributed by atoms with Crippen molar-refractivity contribution in [2.45, 2.75) is 6.42 Å². The standard InChI is InChI=1S/C21H16N4O2S2/c26-19(24-15-6-7-16-17(13-15)23-10-9-22-16)8-11-25-20(27)18(29-21(25)28)12-14-4-2-1-3-5-14/h1-7,9-10,12-13H,8,11H2,(H,24,26). The van der Waals surface area contributed by atoms with Crippen molar-refractivity contribution in [3.63, 3.8) is 0 Å². The summed E-state index contributed by atoms with van der Waals surface area (Å²) in [4.78, 5) is 35.4. The van der Waals surface area contributed by atoms with Gasteiger partial charge in [-0.05, 0) is 29.8 Å². The van der Waals surface area contributed by atoms with Crippen molar-refractivity contribution >= 4 is 62.9 Å². The molecule has 1 saturated heterocycles. The number of thiocarbonyl (C=S) groups is 1. The highest BCUT2D eigenvalue weighted by Gasteiger charge is 2.32. The Balaban J connectivity index is 1.37. The van der Waals surface area contributed by atoms with Crippen molar-refractivity contribution in [2.24, 2.45) is 0 Å². The van der Waals surface area contributed by atoms with Gasteiger partial charge in [0, 0.05) is 31.0 Å². The summed E-state index contributed by atoms with van der Waals surface area (Å²) in [5.74, 6) is -0.369. The predicted octanol–water partition coefficient (Wildman–Crippen LogP) is 3.86. The first kappa shape index (κ1) is 19.2. The minimum Gasteiger partial charge on any atom is -0.326 e. The first-order valence-corrected chi connectivity index (χ1v) is 10.1. The number of amides is 2. The smallest absolute Gasteiger partial charge is 0.266 e. The molecule has 0 radical (unpaired) electrons. The molecule has 1 aliphatic rings. The molecule has 0 unspecified atom stereocenters. The van der Waals surface area contributed by atoms with E-state index in [0.717, 1.165) is 11.1 Å². The second-order valence-electron chi connectivity index (χ2n) is 6.30. The third-order valence-corrected chi connectivity index (χ3v) is 5.66. The minimum absolute atomic E-state index is 0.142. The number of benzene rings is 2. The molecule has 0 bridgehead atoms. The molecule has 0 aliphatic carbocycles. The SMILES string of the molecule is O=C(CCN1C(=O)C(=Cc2ccccc2)SC1=S)Nc1ccc2nccnc2c1. The summed E-state index contributed by atoms with van der Waals surface area (Å²) in [5.41, 5.74) is 3.03. The monoisotopic (exact) mass is 420 g/mol. The molecule has 144 valence electrons. The molecule has 1 N–H and O–H groups in total. The molecule has 6 nitrogen and oxygen atoms in total. The van der Waals surface area contributed by atoms with E-state index < -0.39 is 0 Å². The van der Waals surface area contributed by atoms with Crippen molar-refractivity contribution in [1.29, 1.82) is 0 Å². The highest BCUT2D eigenvalue weighted by molar-refractivity contribution is 8.26. The van der Waals surface area contributed by atoms with Gasteiger partial charge >= 0.3 is 0 Å². The summed E-state index contributed by atoms with van der Waals surface area (Å²) in [6.45, 7) is 0.232. The number of hydrogen-bond acceptors (Lipinski definition) is 6. The number of hydrogen-bond donors (Lipinski definition) is 1. The van der Waals surface area contributed by atoms with E-state index in [-0.39, 0.29) is 24.8 Å². The molecule has 1 aromatic heterocycles. The molecule has 2 heterocycles. The number of carbonyl (C=O) groups excluding carboxylic acids is 2. The normalized spacial score (nSPS) is 15.3. The summed E-state index contributed by atoms with van der Waals surface area (Å²) >= 11 is 6.58. The number of nitrogens with one attached hydrogen (secondary N) is 1. The van der Waals surface area contributed by atoms with Crippen LogP contribution in [0.4, 0.5) is 5.69 Å². The number of nitrogens with zero attached hydrogens (tertiary/aromatic N) is 3. The first-order valence-electron chi connectivity index (χ1n) is 8.91. The van der Waals surface area contributed by atoms with E-state index >= 15 is 0 Å². The summed E-state index contributed by atoms with van der Waals surface area (Å²) in [6, 6.07) is 14.9. The molecular weight excluding hydrogens is 404 g/mol. The van der Waals surface area contributed by atoms with Gasteiger partial charge in [-0.1, -0.05) is 54.3 Å². The third kappa shape index (κ3) is 4.49. The molecular formula is C21H16N4O2S2. The van der Waals surface area contributed by atoms with E-state index in [1.807, 2.05) is 36.4 Å². The Kier molecular flexibility index (Phi) is 5.64. The van der Waals surface area contributed by atoms with Gasteiger partial charge < -0.3 is 5.32 Å². The zero-order valence-corrected chi connectivity index (χ0v) is 16.9. The Morgan fingerprint density at radius 3 is 2.66 bits per heavy atom. The lowest BCUT2D eigenvalue weighted by Crippen LogP contribution is -2.31. The van der Waals surface area contributed by atoms with Crippen LogP contribution in [0.25, 0.3) is 17.1 Å². The average molecular weight is 421 g/mol. The van der Waals surface area contributed by atoms with Crippen LogP contribution in [0.3, 0.4) is 0 Å². The van der Waals surface area contributed by atoms with Crippen LogP contribution in [0.15, 0.2) is 65.8 Å². The number of aromatic nitrogens is 2. The van der Waals surface area contributed by atoms with Crippen molar-refractivity contribution in [1.82, 2.24) is 14.9 Å². The summed E-state index contributed by atoms with van der Waals surface area (Å²) in [7, 11) is 0. The Morgan fingerprint density at radius 1 is 1.10 bits per heavy atom. The number of thioether (sulfide) groups is 1. The molecule has 4 rings (SSSR count). The fourth-order valence-electron chi connectivity index (χ4n) is 2.87. The largest absolute Gasteiger partial charge is 0.326 e. The quantitative estimate of drug-likeness (QED) is 0.499. The van der Waals surface area contributed by atoms with E-state index in [1.54, 1.807) is 30.6 Å². The highest BCUT2D eigenvalue weighted by Crippen LogP contribution is 2.32. The van der Waals surface area contributed by atoms with Crippen LogP contribution in [-0.2, 0) is 9.59 Å². The number of anilines is 1. The van der Waals surface area contributed by atoms with Gasteiger partial charge in [0.25, 0.3) is 5.91 Å². The van der Waals surface area contributed by atoms with Gasteiger partial charge in [0.05, 0.1) is 15.9 Å². The first-order chi connectivity index (χ1) is 14.1. The fourth-order valence-corrected chi connectivity index (χ4v) is 4.18. The number of rotatable bonds is 5. The highest BCUT2D eigenvalue weighted by atomic mass is 32.2. The van der Waals surface area contributed by atoms with Gasteiger partial charge in [0.1, 0.15) is 4.32 Å². The van der Waals surface area contributed by atoms with Crippen molar-refractivity contribution < 1.29 is 9.59 Å². The second-order valence-corrected chi connectivity index (χ2v) is 7.98. The van der Waals surface area contributed by atoms with E-state index in [2.05, 4.69) is 15.3 Å². The van der Waals surface area contributed by atoms with Gasteiger partial charge in [0.2, 0.25) is 5.91 Å². The van der Waals surface area contributed by atoms with E-state index in [0.29, 0.717) is 20.4 Å². The van der Waals surface area contributed by atoms with Crippen LogP contribution in [-0.4, -0.2) is 37.5 Å². The molecule has 29 heavy (non-hydrogen) atoms. The minimum atomic E-state index is -0.200. The lowest BCUT2D eigenvalue weighted by Gasteiger charge is -2.14. The Labute approximate surface area is 177 Å². The lowest BCUT2D eigenvalue weighted by atomic mass is 10.2. The van der Waals surface area contributed by atoms with Gasteiger partial charge in [-0.15, -0.1) is 0 Å². The van der Waals surface area contributed by atoms with E-state index in [1.165, 1.54) is 16.7 Å². The van der Waals surface area contributed by atoms with Crippen LogP contribution >= 0.6 is 24.0 Å². The maximum absolute atomic E-state index is 12.6. The molecule has 1 fully saturated rings. The number of fused-ring (bicyclic) bond motifs is 1. The summed E-state index contributed by atoms with van der Waals surface area (Å²) < 4.78 is 0.464. The maximum atomic E-state index is 12.6. The molecule has 0 atom stereocenters. The van der Waals surface area contributed by atoms with Crippen molar-refractivity contribution in [3.05, 3.63) is 71.4 Å². The third-order valence-electron chi connectivity index (χ3n) is 4.29. The fraction of sp³-hybridized carbons (Fsp3) is 0.0952. The zero-order chi connectivity index (χ0) is 20.2. The van der Waals surface area contributed by atoms with Crippen molar-refractivity contribution in [3.8, 4) is 0 Å². The number of carbonyl (C=O) groups is 2. The van der Waals surface area contributed by atoms with Gasteiger partial charge in [0.15, 0.2) is 0 Å². The van der Waals surface area contributed by atoms with Crippen LogP contribution < -0.4 is 5.32 Å². The zero-order valence-electron chi connectivity index (χ0n) is 15.2. The van der Waals surface area contributed by atoms with Gasteiger partial charge in [-0.25, -0.2) is 0 Å². The summed E-state index contributed by atoms with van der Waals surface area (Å²) in [5, 5.41) is 2.83. The van der Waals surface area contributed by atoms with E-state index in [9.17, 15) is 9.59 Å². The topological polar surface area (TPSA) is 75.2 Å². The molecule has 2 amide bonds. The Morgan fingerprint density at radius 2 is 1.86 bits per heavy atom. The molecule has 0 spiro atoms. The lowest BCUT2D eigenvalue weighted by molar-refractivity contribution is -0.122. The van der Waals surface area contributed by atoms with Crippen LogP contribution in [0, 0.1) is 0 Å². The molecule has 0 saturated carbocycles. The molecule has 8 heteroatoms. The van der Waals surface area contributed by atoms with Gasteiger partial charge in [-0.2, -0.15) is 0 Å². The van der Waals surface area contributed by atoms with Crippen molar-refractivity contribution in [2.75, 3.05) is 11.9 Å². The van der Waals surface area contributed by atoms with Gasteiger partial charge in [-0.3, -0.25) is 24.5 Å². The second kappa shape index (κ2) is 8.50. The van der Waals surface area contributed by atoms with E-state index in [4.69, 9.17) is 12.2 Å². The Bertz CT molecular complexity index is 1130. The van der Waals surface area contributed by atoms with Crippen LogP contribution in [0.2, 0.25) is 0 Å².